The third-order valence-electron chi connectivity index (χ3n) is 2.80. The van der Waals surface area contributed by atoms with E-state index in [1.54, 1.807) is 11.3 Å². The minimum absolute atomic E-state index is 0.151. The van der Waals surface area contributed by atoms with Gasteiger partial charge in [-0.3, -0.25) is 0 Å². The zero-order valence-electron chi connectivity index (χ0n) is 10.1. The maximum atomic E-state index is 6.27. The Kier molecular flexibility index (Phi) is 3.66. The van der Waals surface area contributed by atoms with Crippen molar-refractivity contribution < 1.29 is 0 Å². The number of hydrogen-bond donors (Lipinski definition) is 1. The topological polar surface area (TPSA) is 38.9 Å². The lowest BCUT2D eigenvalue weighted by Crippen LogP contribution is -2.12. The van der Waals surface area contributed by atoms with Crippen LogP contribution in [0.2, 0.25) is 0 Å². The molecule has 0 saturated heterocycles. The predicted octanol–water partition coefficient (Wildman–Crippen LogP) is 3.88. The van der Waals surface area contributed by atoms with Crippen LogP contribution in [0.25, 0.3) is 0 Å². The van der Waals surface area contributed by atoms with Crippen LogP contribution in [0, 0.1) is 20.8 Å². The molecule has 0 aliphatic heterocycles. The van der Waals surface area contributed by atoms with E-state index >= 15 is 0 Å². The van der Waals surface area contributed by atoms with Crippen molar-refractivity contribution in [1.29, 1.82) is 0 Å². The zero-order valence-corrected chi connectivity index (χ0v) is 12.5. The highest BCUT2D eigenvalue weighted by Crippen LogP contribution is 2.30. The molecule has 0 fully saturated rings. The molecule has 90 valence electrons. The summed E-state index contributed by atoms with van der Waals surface area (Å²) in [6.45, 7) is 6.16. The Labute approximate surface area is 114 Å². The van der Waals surface area contributed by atoms with Crippen LogP contribution in [-0.2, 0) is 0 Å². The maximum Gasteiger partial charge on any atom is 0.114 e. The molecule has 0 spiro atoms. The fourth-order valence-electron chi connectivity index (χ4n) is 1.65. The molecule has 4 heteroatoms. The Morgan fingerprint density at radius 2 is 2.00 bits per heavy atom. The second-order valence-electron chi connectivity index (χ2n) is 4.20. The number of hydrogen-bond acceptors (Lipinski definition) is 3. The van der Waals surface area contributed by atoms with Crippen LogP contribution in [0.1, 0.15) is 32.7 Å². The van der Waals surface area contributed by atoms with Crippen molar-refractivity contribution in [3.63, 3.8) is 0 Å². The molecular formula is C13H15BrN2S. The molecule has 2 N–H and O–H groups in total. The molecule has 0 amide bonds. The molecule has 2 nitrogen and oxygen atoms in total. The largest absolute Gasteiger partial charge is 0.318 e. The average molecular weight is 311 g/mol. The summed E-state index contributed by atoms with van der Waals surface area (Å²) in [6.07, 6.45) is 0. The molecule has 1 aromatic heterocycles. The predicted molar refractivity (Wildman–Crippen MR) is 76.5 cm³/mol. The van der Waals surface area contributed by atoms with Gasteiger partial charge in [-0.25, -0.2) is 4.98 Å². The first-order valence-electron chi connectivity index (χ1n) is 5.44. The smallest absolute Gasteiger partial charge is 0.114 e. The van der Waals surface area contributed by atoms with E-state index in [-0.39, 0.29) is 6.04 Å². The number of nitrogens with zero attached hydrogens (tertiary/aromatic N) is 1. The van der Waals surface area contributed by atoms with Crippen molar-refractivity contribution in [1.82, 2.24) is 4.98 Å². The number of nitrogens with two attached hydrogens (primary N) is 1. The van der Waals surface area contributed by atoms with Gasteiger partial charge in [-0.1, -0.05) is 28.1 Å². The molecule has 0 bridgehead atoms. The first-order chi connectivity index (χ1) is 7.99. The van der Waals surface area contributed by atoms with E-state index in [0.29, 0.717) is 0 Å². The summed E-state index contributed by atoms with van der Waals surface area (Å²) in [5, 5.41) is 0.976. The monoisotopic (exact) mass is 310 g/mol. The molecule has 1 heterocycles. The van der Waals surface area contributed by atoms with Crippen LogP contribution in [-0.4, -0.2) is 4.98 Å². The number of halogens is 1. The Balaban J connectivity index is 2.39. The van der Waals surface area contributed by atoms with Crippen molar-refractivity contribution in [2.45, 2.75) is 26.8 Å². The first kappa shape index (κ1) is 12.7. The highest BCUT2D eigenvalue weighted by Gasteiger charge is 2.16. The van der Waals surface area contributed by atoms with E-state index < -0.39 is 0 Å². The number of rotatable bonds is 2. The summed E-state index contributed by atoms with van der Waals surface area (Å²) in [7, 11) is 0. The van der Waals surface area contributed by atoms with Gasteiger partial charge in [0.1, 0.15) is 5.01 Å². The maximum absolute atomic E-state index is 6.27. The van der Waals surface area contributed by atoms with Crippen molar-refractivity contribution >= 4 is 27.3 Å². The van der Waals surface area contributed by atoms with Gasteiger partial charge in [-0.05, 0) is 38.0 Å². The molecule has 2 aromatic rings. The third kappa shape index (κ3) is 2.59. The zero-order chi connectivity index (χ0) is 12.6. The van der Waals surface area contributed by atoms with Gasteiger partial charge < -0.3 is 5.73 Å². The molecule has 0 aliphatic carbocycles. The standard InChI is InChI=1S/C13H15BrN2S/c1-7-4-5-10(11(14)6-7)12(15)13-16-8(2)9(3)17-13/h4-6,12H,15H2,1-3H3. The number of benzene rings is 1. The van der Waals surface area contributed by atoms with Crippen molar-refractivity contribution in [3.8, 4) is 0 Å². The minimum atomic E-state index is -0.151. The lowest BCUT2D eigenvalue weighted by molar-refractivity contribution is 0.846. The second-order valence-corrected chi connectivity index (χ2v) is 6.29. The highest BCUT2D eigenvalue weighted by atomic mass is 79.9. The lowest BCUT2D eigenvalue weighted by atomic mass is 10.1. The van der Waals surface area contributed by atoms with Gasteiger partial charge in [-0.15, -0.1) is 11.3 Å². The van der Waals surface area contributed by atoms with Crippen LogP contribution >= 0.6 is 27.3 Å². The normalized spacial score (nSPS) is 12.8. The van der Waals surface area contributed by atoms with Crippen LogP contribution in [0.5, 0.6) is 0 Å². The summed E-state index contributed by atoms with van der Waals surface area (Å²) < 4.78 is 1.05. The summed E-state index contributed by atoms with van der Waals surface area (Å²) in [5.41, 5.74) is 9.65. The van der Waals surface area contributed by atoms with Crippen LogP contribution in [0.4, 0.5) is 0 Å². The quantitative estimate of drug-likeness (QED) is 0.914. The van der Waals surface area contributed by atoms with E-state index in [2.05, 4.69) is 53.0 Å². The van der Waals surface area contributed by atoms with Crippen molar-refractivity contribution in [2.75, 3.05) is 0 Å². The van der Waals surface area contributed by atoms with E-state index in [1.165, 1.54) is 10.4 Å². The van der Waals surface area contributed by atoms with Gasteiger partial charge in [0.25, 0.3) is 0 Å². The Morgan fingerprint density at radius 1 is 1.29 bits per heavy atom. The van der Waals surface area contributed by atoms with E-state index in [9.17, 15) is 0 Å². The molecular weight excluding hydrogens is 296 g/mol. The second kappa shape index (κ2) is 4.88. The fraction of sp³-hybridized carbons (Fsp3) is 0.308. The van der Waals surface area contributed by atoms with Gasteiger partial charge in [0.15, 0.2) is 0 Å². The minimum Gasteiger partial charge on any atom is -0.318 e. The van der Waals surface area contributed by atoms with E-state index in [0.717, 1.165) is 20.7 Å². The molecule has 1 atom stereocenters. The number of aromatic nitrogens is 1. The molecule has 2 rings (SSSR count). The Morgan fingerprint density at radius 3 is 2.53 bits per heavy atom. The first-order valence-corrected chi connectivity index (χ1v) is 7.05. The number of aryl methyl sites for hydroxylation is 3. The Bertz CT molecular complexity index is 529. The van der Waals surface area contributed by atoms with Crippen LogP contribution < -0.4 is 5.73 Å². The molecule has 17 heavy (non-hydrogen) atoms. The summed E-state index contributed by atoms with van der Waals surface area (Å²) in [6, 6.07) is 6.08. The van der Waals surface area contributed by atoms with E-state index in [4.69, 9.17) is 5.73 Å². The molecule has 0 radical (unpaired) electrons. The summed E-state index contributed by atoms with van der Waals surface area (Å²) in [4.78, 5) is 5.76. The fourth-order valence-corrected chi connectivity index (χ4v) is 3.33. The van der Waals surface area contributed by atoms with Crippen molar-refractivity contribution in [3.05, 3.63) is 49.4 Å². The summed E-state index contributed by atoms with van der Waals surface area (Å²) >= 11 is 5.24. The van der Waals surface area contributed by atoms with Crippen molar-refractivity contribution in [2.24, 2.45) is 5.73 Å². The molecule has 1 unspecified atom stereocenters. The lowest BCUT2D eigenvalue weighted by Gasteiger charge is -2.11. The molecule has 0 aliphatic rings. The van der Waals surface area contributed by atoms with Gasteiger partial charge in [-0.2, -0.15) is 0 Å². The molecule has 0 saturated carbocycles. The SMILES string of the molecule is Cc1ccc(C(N)c2nc(C)c(C)s2)c(Br)c1. The van der Waals surface area contributed by atoms with E-state index in [1.807, 2.05) is 6.92 Å². The van der Waals surface area contributed by atoms with Gasteiger partial charge in [0.2, 0.25) is 0 Å². The van der Waals surface area contributed by atoms with Gasteiger partial charge in [0.05, 0.1) is 11.7 Å². The molecule has 1 aromatic carbocycles. The van der Waals surface area contributed by atoms with Crippen LogP contribution in [0.15, 0.2) is 22.7 Å². The average Bonchev–Trinajstić information content (AvgIpc) is 2.58. The van der Waals surface area contributed by atoms with Crippen LogP contribution in [0.3, 0.4) is 0 Å². The Hall–Kier alpha value is -0.710. The summed E-state index contributed by atoms with van der Waals surface area (Å²) in [5.74, 6) is 0. The van der Waals surface area contributed by atoms with Gasteiger partial charge in [0, 0.05) is 9.35 Å². The number of thiazole rings is 1. The van der Waals surface area contributed by atoms with Gasteiger partial charge >= 0.3 is 0 Å². The highest BCUT2D eigenvalue weighted by molar-refractivity contribution is 9.10. The third-order valence-corrected chi connectivity index (χ3v) is 4.64.